The van der Waals surface area contributed by atoms with Crippen LogP contribution in [0.2, 0.25) is 0 Å². The number of nitrogens with one attached hydrogen (secondary N) is 2. The zero-order valence-corrected chi connectivity index (χ0v) is 11.6. The predicted octanol–water partition coefficient (Wildman–Crippen LogP) is 1.74. The largest absolute Gasteiger partial charge is 0.316 e. The number of nitrogens with zero attached hydrogens (tertiary/aromatic N) is 1. The van der Waals surface area contributed by atoms with Crippen LogP contribution in [0.15, 0.2) is 47.6 Å². The molecule has 0 aliphatic rings. The van der Waals surface area contributed by atoms with Gasteiger partial charge in [0.1, 0.15) is 0 Å². The third-order valence-electron chi connectivity index (χ3n) is 2.54. The van der Waals surface area contributed by atoms with Gasteiger partial charge in [-0.25, -0.2) is 9.37 Å². The molecular formula is C13H14FN3O2S. The average Bonchev–Trinajstić information content (AvgIpc) is 2.39. The highest BCUT2D eigenvalue weighted by Gasteiger charge is 2.20. The van der Waals surface area contributed by atoms with E-state index in [1.54, 1.807) is 25.2 Å². The Morgan fingerprint density at radius 3 is 2.75 bits per heavy atom. The van der Waals surface area contributed by atoms with Crippen LogP contribution < -0.4 is 10.0 Å². The van der Waals surface area contributed by atoms with Crippen LogP contribution in [0.5, 0.6) is 0 Å². The number of anilines is 1. The van der Waals surface area contributed by atoms with Gasteiger partial charge in [-0.2, -0.15) is 8.42 Å². The molecule has 0 bridgehead atoms. The lowest BCUT2D eigenvalue weighted by molar-refractivity contribution is 0.557. The van der Waals surface area contributed by atoms with Gasteiger partial charge >= 0.3 is 0 Å². The van der Waals surface area contributed by atoms with E-state index in [-0.39, 0.29) is 0 Å². The number of sulfonamides is 1. The lowest BCUT2D eigenvalue weighted by Crippen LogP contribution is -2.16. The molecule has 0 radical (unpaired) electrons. The molecule has 0 spiro atoms. The first kappa shape index (κ1) is 14.4. The Kier molecular flexibility index (Phi) is 4.31. The summed E-state index contributed by atoms with van der Waals surface area (Å²) in [4.78, 5) is 3.57. The summed E-state index contributed by atoms with van der Waals surface area (Å²) in [5, 5.41) is 2.35. The van der Waals surface area contributed by atoms with Gasteiger partial charge in [0.15, 0.2) is 5.82 Å². The summed E-state index contributed by atoms with van der Waals surface area (Å²) in [6.07, 6.45) is 1.23. The number of rotatable bonds is 5. The number of halogens is 1. The van der Waals surface area contributed by atoms with Crippen LogP contribution in [0.3, 0.4) is 0 Å². The van der Waals surface area contributed by atoms with Gasteiger partial charge in [-0.1, -0.05) is 12.1 Å². The first-order valence-electron chi connectivity index (χ1n) is 5.90. The van der Waals surface area contributed by atoms with Crippen LogP contribution in [-0.4, -0.2) is 20.4 Å². The van der Waals surface area contributed by atoms with Crippen LogP contribution in [0.1, 0.15) is 5.56 Å². The molecule has 106 valence electrons. The summed E-state index contributed by atoms with van der Waals surface area (Å²) in [7, 11) is -2.24. The molecule has 7 heteroatoms. The van der Waals surface area contributed by atoms with Crippen molar-refractivity contribution >= 4 is 15.7 Å². The second kappa shape index (κ2) is 5.98. The second-order valence-corrected chi connectivity index (χ2v) is 5.72. The zero-order chi connectivity index (χ0) is 14.6. The minimum absolute atomic E-state index is 0.364. The summed E-state index contributed by atoms with van der Waals surface area (Å²) in [5.74, 6) is -0.883. The minimum Gasteiger partial charge on any atom is -0.316 e. The monoisotopic (exact) mass is 295 g/mol. The molecule has 1 aromatic carbocycles. The SMILES string of the molecule is CNCc1cccc(NS(=O)(=O)c2ncccc2F)c1. The van der Waals surface area contributed by atoms with Crippen LogP contribution >= 0.6 is 0 Å². The summed E-state index contributed by atoms with van der Waals surface area (Å²) < 4.78 is 39.9. The van der Waals surface area contributed by atoms with E-state index in [1.165, 1.54) is 12.3 Å². The van der Waals surface area contributed by atoms with Crippen molar-refractivity contribution in [2.24, 2.45) is 0 Å². The van der Waals surface area contributed by atoms with E-state index in [0.717, 1.165) is 11.6 Å². The van der Waals surface area contributed by atoms with Crippen molar-refractivity contribution < 1.29 is 12.8 Å². The average molecular weight is 295 g/mol. The van der Waals surface area contributed by atoms with Crippen LogP contribution in [0.4, 0.5) is 10.1 Å². The molecule has 0 aliphatic carbocycles. The van der Waals surface area contributed by atoms with Crippen LogP contribution in [0, 0.1) is 5.82 Å². The standard InChI is InChI=1S/C13H14FN3O2S/c1-15-9-10-4-2-5-11(8-10)17-20(18,19)13-12(14)6-3-7-16-13/h2-8,15,17H,9H2,1H3. The van der Waals surface area contributed by atoms with Crippen molar-refractivity contribution in [2.75, 3.05) is 11.8 Å². The zero-order valence-electron chi connectivity index (χ0n) is 10.8. The van der Waals surface area contributed by atoms with Crippen molar-refractivity contribution in [3.63, 3.8) is 0 Å². The third kappa shape index (κ3) is 3.31. The first-order valence-corrected chi connectivity index (χ1v) is 7.38. The van der Waals surface area contributed by atoms with Gasteiger partial charge in [-0.05, 0) is 36.9 Å². The quantitative estimate of drug-likeness (QED) is 0.881. The van der Waals surface area contributed by atoms with E-state index in [2.05, 4.69) is 15.0 Å². The van der Waals surface area contributed by atoms with E-state index in [0.29, 0.717) is 12.2 Å². The van der Waals surface area contributed by atoms with E-state index >= 15 is 0 Å². The van der Waals surface area contributed by atoms with Gasteiger partial charge < -0.3 is 5.32 Å². The van der Waals surface area contributed by atoms with E-state index in [1.807, 2.05) is 6.07 Å². The highest BCUT2D eigenvalue weighted by Crippen LogP contribution is 2.17. The number of hydrogen-bond donors (Lipinski definition) is 2. The lowest BCUT2D eigenvalue weighted by Gasteiger charge is -2.09. The number of benzene rings is 1. The van der Waals surface area contributed by atoms with Gasteiger partial charge in [0.25, 0.3) is 10.0 Å². The van der Waals surface area contributed by atoms with E-state index < -0.39 is 20.9 Å². The topological polar surface area (TPSA) is 71.1 Å². The molecule has 0 saturated carbocycles. The maximum Gasteiger partial charge on any atom is 0.282 e. The van der Waals surface area contributed by atoms with Gasteiger partial charge in [0.05, 0.1) is 0 Å². The summed E-state index contributed by atoms with van der Waals surface area (Å²) in [5.41, 5.74) is 1.27. The molecule has 0 saturated heterocycles. The Morgan fingerprint density at radius 2 is 2.05 bits per heavy atom. The molecule has 0 amide bonds. The Bertz CT molecular complexity index is 704. The maximum absolute atomic E-state index is 13.5. The molecule has 2 rings (SSSR count). The highest BCUT2D eigenvalue weighted by atomic mass is 32.2. The Labute approximate surface area is 116 Å². The lowest BCUT2D eigenvalue weighted by atomic mass is 10.2. The fraction of sp³-hybridized carbons (Fsp3) is 0.154. The Balaban J connectivity index is 2.29. The molecule has 2 aromatic rings. The van der Waals surface area contributed by atoms with Gasteiger partial charge in [-0.15, -0.1) is 0 Å². The van der Waals surface area contributed by atoms with Crippen LogP contribution in [0.25, 0.3) is 0 Å². The van der Waals surface area contributed by atoms with Crippen molar-refractivity contribution in [3.05, 3.63) is 54.0 Å². The first-order chi connectivity index (χ1) is 9.53. The van der Waals surface area contributed by atoms with Gasteiger partial charge in [-0.3, -0.25) is 4.72 Å². The van der Waals surface area contributed by atoms with Gasteiger partial charge in [0.2, 0.25) is 5.03 Å². The van der Waals surface area contributed by atoms with Crippen molar-refractivity contribution in [3.8, 4) is 0 Å². The maximum atomic E-state index is 13.5. The second-order valence-electron chi connectivity index (χ2n) is 4.13. The van der Waals surface area contributed by atoms with Crippen molar-refractivity contribution in [2.45, 2.75) is 11.6 Å². The molecule has 0 fully saturated rings. The van der Waals surface area contributed by atoms with Crippen LogP contribution in [-0.2, 0) is 16.6 Å². The number of aromatic nitrogens is 1. The van der Waals surface area contributed by atoms with Gasteiger partial charge in [0, 0.05) is 18.4 Å². The Hall–Kier alpha value is -1.99. The van der Waals surface area contributed by atoms with Crippen molar-refractivity contribution in [1.29, 1.82) is 0 Å². The summed E-state index contributed by atoms with van der Waals surface area (Å²) in [6, 6.07) is 9.24. The normalized spacial score (nSPS) is 11.3. The fourth-order valence-corrected chi connectivity index (χ4v) is 2.78. The molecule has 0 aliphatic heterocycles. The van der Waals surface area contributed by atoms with E-state index in [4.69, 9.17) is 0 Å². The molecule has 0 unspecified atom stereocenters. The highest BCUT2D eigenvalue weighted by molar-refractivity contribution is 7.92. The minimum atomic E-state index is -4.03. The van der Waals surface area contributed by atoms with Crippen molar-refractivity contribution in [1.82, 2.24) is 10.3 Å². The number of pyridine rings is 1. The fourth-order valence-electron chi connectivity index (χ4n) is 1.72. The smallest absolute Gasteiger partial charge is 0.282 e. The predicted molar refractivity (Wildman–Crippen MR) is 74.2 cm³/mol. The molecule has 2 N–H and O–H groups in total. The van der Waals surface area contributed by atoms with E-state index in [9.17, 15) is 12.8 Å². The molecular weight excluding hydrogens is 281 g/mol. The summed E-state index contributed by atoms with van der Waals surface area (Å²) >= 11 is 0. The molecule has 1 aromatic heterocycles. The molecule has 5 nitrogen and oxygen atoms in total. The molecule has 20 heavy (non-hydrogen) atoms. The third-order valence-corrected chi connectivity index (χ3v) is 3.85. The molecule has 1 heterocycles. The number of hydrogen-bond acceptors (Lipinski definition) is 4. The Morgan fingerprint density at radius 1 is 1.25 bits per heavy atom. The summed E-state index contributed by atoms with van der Waals surface area (Å²) in [6.45, 7) is 0.605. The molecule has 0 atom stereocenters.